The second-order valence-corrected chi connectivity index (χ2v) is 5.46. The molecule has 114 valence electrons. The van der Waals surface area contributed by atoms with E-state index < -0.39 is 0 Å². The van der Waals surface area contributed by atoms with E-state index in [1.54, 1.807) is 19.0 Å². The zero-order valence-corrected chi connectivity index (χ0v) is 12.6. The van der Waals surface area contributed by atoms with Crippen LogP contribution in [0.5, 0.6) is 5.75 Å². The summed E-state index contributed by atoms with van der Waals surface area (Å²) >= 11 is 0. The SMILES string of the molecule is CN(C)C(=O)CCCOc1ccc2c(c1)/C(=N\O)CCC2. The van der Waals surface area contributed by atoms with Crippen molar-refractivity contribution in [2.24, 2.45) is 5.16 Å². The van der Waals surface area contributed by atoms with Gasteiger partial charge in [0, 0.05) is 26.1 Å². The van der Waals surface area contributed by atoms with Crippen molar-refractivity contribution in [1.29, 1.82) is 0 Å². The normalized spacial score (nSPS) is 15.6. The van der Waals surface area contributed by atoms with Gasteiger partial charge in [0.05, 0.1) is 12.3 Å². The van der Waals surface area contributed by atoms with Crippen LogP contribution in [-0.4, -0.2) is 42.4 Å². The van der Waals surface area contributed by atoms with Crippen molar-refractivity contribution >= 4 is 11.6 Å². The maximum absolute atomic E-state index is 11.5. The van der Waals surface area contributed by atoms with Crippen molar-refractivity contribution in [3.05, 3.63) is 29.3 Å². The number of carbonyl (C=O) groups excluding carboxylic acids is 1. The fourth-order valence-electron chi connectivity index (χ4n) is 2.45. The molecule has 0 spiro atoms. The minimum Gasteiger partial charge on any atom is -0.494 e. The maximum atomic E-state index is 11.5. The molecule has 1 aromatic rings. The molecular weight excluding hydrogens is 268 g/mol. The van der Waals surface area contributed by atoms with Gasteiger partial charge in [0.25, 0.3) is 0 Å². The summed E-state index contributed by atoms with van der Waals surface area (Å²) in [7, 11) is 3.50. The Kier molecular flexibility index (Phi) is 5.20. The lowest BCUT2D eigenvalue weighted by Gasteiger charge is -2.18. The molecule has 5 heteroatoms. The Labute approximate surface area is 125 Å². The lowest BCUT2D eigenvalue weighted by Crippen LogP contribution is -2.21. The van der Waals surface area contributed by atoms with Crippen molar-refractivity contribution in [1.82, 2.24) is 4.90 Å². The van der Waals surface area contributed by atoms with Gasteiger partial charge in [-0.05, 0) is 43.4 Å². The second kappa shape index (κ2) is 7.11. The van der Waals surface area contributed by atoms with Crippen molar-refractivity contribution in [2.75, 3.05) is 20.7 Å². The Morgan fingerprint density at radius 2 is 2.19 bits per heavy atom. The highest BCUT2D eigenvalue weighted by atomic mass is 16.5. The van der Waals surface area contributed by atoms with Crippen molar-refractivity contribution < 1.29 is 14.7 Å². The molecule has 0 aliphatic heterocycles. The van der Waals surface area contributed by atoms with Crippen LogP contribution in [0.4, 0.5) is 0 Å². The Bertz CT molecular complexity index is 538. The van der Waals surface area contributed by atoms with Gasteiger partial charge in [-0.3, -0.25) is 4.79 Å². The number of benzene rings is 1. The number of amides is 1. The Morgan fingerprint density at radius 3 is 2.90 bits per heavy atom. The molecule has 0 saturated carbocycles. The molecule has 1 aliphatic carbocycles. The average molecular weight is 290 g/mol. The third-order valence-corrected chi connectivity index (χ3v) is 3.68. The van der Waals surface area contributed by atoms with Gasteiger partial charge in [-0.25, -0.2) is 0 Å². The lowest BCUT2D eigenvalue weighted by molar-refractivity contribution is -0.128. The minimum absolute atomic E-state index is 0.110. The van der Waals surface area contributed by atoms with Crippen molar-refractivity contribution in [3.8, 4) is 5.75 Å². The lowest BCUT2D eigenvalue weighted by atomic mass is 9.90. The third kappa shape index (κ3) is 3.97. The predicted octanol–water partition coefficient (Wildman–Crippen LogP) is 2.45. The van der Waals surface area contributed by atoms with E-state index in [4.69, 9.17) is 9.94 Å². The first-order valence-electron chi connectivity index (χ1n) is 7.29. The first-order chi connectivity index (χ1) is 10.1. The molecular formula is C16H22N2O3. The van der Waals surface area contributed by atoms with E-state index in [-0.39, 0.29) is 5.91 Å². The number of ether oxygens (including phenoxy) is 1. The summed E-state index contributed by atoms with van der Waals surface area (Å²) < 4.78 is 5.69. The molecule has 1 aliphatic rings. The molecule has 1 N–H and O–H groups in total. The fourth-order valence-corrected chi connectivity index (χ4v) is 2.45. The standard InChI is InChI=1S/C16H22N2O3/c1-18(2)16(19)7-4-10-21-13-9-8-12-5-3-6-15(17-20)14(12)11-13/h8-9,11,20H,3-7,10H2,1-2H3/b17-15-. The van der Waals surface area contributed by atoms with Crippen LogP contribution >= 0.6 is 0 Å². The number of rotatable bonds is 5. The molecule has 0 atom stereocenters. The molecule has 21 heavy (non-hydrogen) atoms. The minimum atomic E-state index is 0.110. The van der Waals surface area contributed by atoms with E-state index in [1.807, 2.05) is 18.2 Å². The first kappa shape index (κ1) is 15.4. The summed E-state index contributed by atoms with van der Waals surface area (Å²) in [6.07, 6.45) is 3.99. The molecule has 1 aromatic carbocycles. The average Bonchev–Trinajstić information content (AvgIpc) is 2.50. The maximum Gasteiger partial charge on any atom is 0.222 e. The number of hydrogen-bond acceptors (Lipinski definition) is 4. The highest BCUT2D eigenvalue weighted by molar-refractivity contribution is 6.02. The molecule has 0 saturated heterocycles. The highest BCUT2D eigenvalue weighted by Crippen LogP contribution is 2.26. The summed E-state index contributed by atoms with van der Waals surface area (Å²) in [5.41, 5.74) is 2.90. The predicted molar refractivity (Wildman–Crippen MR) is 81.1 cm³/mol. The van der Waals surface area contributed by atoms with Gasteiger partial charge in [-0.1, -0.05) is 11.2 Å². The first-order valence-corrected chi connectivity index (χ1v) is 7.29. The van der Waals surface area contributed by atoms with Gasteiger partial charge in [0.15, 0.2) is 0 Å². The van der Waals surface area contributed by atoms with E-state index in [0.717, 1.165) is 36.3 Å². The van der Waals surface area contributed by atoms with Gasteiger partial charge < -0.3 is 14.8 Å². The fraction of sp³-hybridized carbons (Fsp3) is 0.500. The van der Waals surface area contributed by atoms with E-state index in [2.05, 4.69) is 5.16 Å². The number of aryl methyl sites for hydroxylation is 1. The zero-order valence-electron chi connectivity index (χ0n) is 12.6. The summed E-state index contributed by atoms with van der Waals surface area (Å²) in [5.74, 6) is 0.868. The molecule has 0 bridgehead atoms. The summed E-state index contributed by atoms with van der Waals surface area (Å²) in [5, 5.41) is 12.4. The molecule has 0 heterocycles. The van der Waals surface area contributed by atoms with Crippen LogP contribution in [0.1, 0.15) is 36.8 Å². The molecule has 0 fully saturated rings. The van der Waals surface area contributed by atoms with Crippen molar-refractivity contribution in [3.63, 3.8) is 0 Å². The molecule has 0 radical (unpaired) electrons. The number of fused-ring (bicyclic) bond motifs is 1. The largest absolute Gasteiger partial charge is 0.494 e. The number of hydrogen-bond donors (Lipinski definition) is 1. The van der Waals surface area contributed by atoms with Crippen LogP contribution in [0, 0.1) is 0 Å². The van der Waals surface area contributed by atoms with Crippen LogP contribution in [0.25, 0.3) is 0 Å². The van der Waals surface area contributed by atoms with Crippen LogP contribution in [-0.2, 0) is 11.2 Å². The van der Waals surface area contributed by atoms with E-state index in [9.17, 15) is 4.79 Å². The van der Waals surface area contributed by atoms with Crippen LogP contribution in [0.15, 0.2) is 23.4 Å². The van der Waals surface area contributed by atoms with Gasteiger partial charge in [-0.2, -0.15) is 0 Å². The Balaban J connectivity index is 1.92. The molecule has 0 aromatic heterocycles. The topological polar surface area (TPSA) is 62.1 Å². The quantitative estimate of drug-likeness (QED) is 0.515. The molecule has 1 amide bonds. The zero-order chi connectivity index (χ0) is 15.2. The number of nitrogens with zero attached hydrogens (tertiary/aromatic N) is 2. The Hall–Kier alpha value is -2.04. The van der Waals surface area contributed by atoms with Gasteiger partial charge >= 0.3 is 0 Å². The van der Waals surface area contributed by atoms with Crippen LogP contribution in [0.3, 0.4) is 0 Å². The number of carbonyl (C=O) groups is 1. The highest BCUT2D eigenvalue weighted by Gasteiger charge is 2.16. The molecule has 2 rings (SSSR count). The second-order valence-electron chi connectivity index (χ2n) is 5.46. The van der Waals surface area contributed by atoms with E-state index >= 15 is 0 Å². The molecule has 0 unspecified atom stereocenters. The monoisotopic (exact) mass is 290 g/mol. The van der Waals surface area contributed by atoms with Crippen LogP contribution in [0.2, 0.25) is 0 Å². The summed E-state index contributed by atoms with van der Waals surface area (Å²) in [6.45, 7) is 0.504. The van der Waals surface area contributed by atoms with Crippen molar-refractivity contribution in [2.45, 2.75) is 32.1 Å². The summed E-state index contributed by atoms with van der Waals surface area (Å²) in [4.78, 5) is 13.0. The van der Waals surface area contributed by atoms with Gasteiger partial charge in [-0.15, -0.1) is 0 Å². The number of oxime groups is 1. The Morgan fingerprint density at radius 1 is 1.38 bits per heavy atom. The smallest absolute Gasteiger partial charge is 0.222 e. The van der Waals surface area contributed by atoms with Gasteiger partial charge in [0.2, 0.25) is 5.91 Å². The van der Waals surface area contributed by atoms with E-state index in [0.29, 0.717) is 19.4 Å². The third-order valence-electron chi connectivity index (χ3n) is 3.68. The van der Waals surface area contributed by atoms with Crippen LogP contribution < -0.4 is 4.74 Å². The molecule has 5 nitrogen and oxygen atoms in total. The summed E-state index contributed by atoms with van der Waals surface area (Å²) in [6, 6.07) is 5.89. The van der Waals surface area contributed by atoms with Gasteiger partial charge in [0.1, 0.15) is 5.75 Å². The van der Waals surface area contributed by atoms with E-state index in [1.165, 1.54) is 5.56 Å².